The van der Waals surface area contributed by atoms with Gasteiger partial charge < -0.3 is 15.3 Å². The van der Waals surface area contributed by atoms with E-state index in [1.165, 1.54) is 0 Å². The SMILES string of the molecule is CC(O)CCn1c(=O)n(CCC(C)O)c(=O)n(CCC(C)O)c1=O. The highest BCUT2D eigenvalue weighted by molar-refractivity contribution is 4.80. The van der Waals surface area contributed by atoms with Gasteiger partial charge in [0.1, 0.15) is 0 Å². The van der Waals surface area contributed by atoms with Crippen molar-refractivity contribution in [1.29, 1.82) is 0 Å². The molecule has 0 aliphatic carbocycles. The van der Waals surface area contributed by atoms with Crippen molar-refractivity contribution in [3.63, 3.8) is 0 Å². The van der Waals surface area contributed by atoms with Gasteiger partial charge in [0, 0.05) is 19.6 Å². The third kappa shape index (κ3) is 5.43. The van der Waals surface area contributed by atoms with Gasteiger partial charge >= 0.3 is 17.1 Å². The summed E-state index contributed by atoms with van der Waals surface area (Å²) in [6.07, 6.45) is -1.50. The predicted molar refractivity (Wildman–Crippen MR) is 88.1 cm³/mol. The van der Waals surface area contributed by atoms with E-state index in [1.54, 1.807) is 20.8 Å². The first-order chi connectivity index (χ1) is 11.1. The molecule has 0 aliphatic heterocycles. The third-order valence-corrected chi connectivity index (χ3v) is 3.70. The maximum atomic E-state index is 12.4. The van der Waals surface area contributed by atoms with Crippen molar-refractivity contribution >= 4 is 0 Å². The molecule has 0 fully saturated rings. The molecule has 0 aromatic carbocycles. The minimum atomic E-state index is -0.750. The first-order valence-electron chi connectivity index (χ1n) is 8.13. The molecule has 0 saturated heterocycles. The molecular formula is C15H27N3O6. The highest BCUT2D eigenvalue weighted by Gasteiger charge is 2.16. The van der Waals surface area contributed by atoms with Crippen LogP contribution in [0, 0.1) is 0 Å². The van der Waals surface area contributed by atoms with Gasteiger partial charge in [0.15, 0.2) is 0 Å². The number of aromatic nitrogens is 3. The molecule has 0 spiro atoms. The van der Waals surface area contributed by atoms with Crippen molar-refractivity contribution in [3.05, 3.63) is 31.5 Å². The van der Waals surface area contributed by atoms with E-state index in [9.17, 15) is 29.7 Å². The topological polar surface area (TPSA) is 127 Å². The second kappa shape index (κ2) is 8.95. The summed E-state index contributed by atoms with van der Waals surface area (Å²) in [5.41, 5.74) is -2.25. The van der Waals surface area contributed by atoms with Crippen molar-refractivity contribution in [2.24, 2.45) is 0 Å². The molecule has 138 valence electrons. The third-order valence-electron chi connectivity index (χ3n) is 3.70. The summed E-state index contributed by atoms with van der Waals surface area (Å²) in [6.45, 7) is 4.58. The van der Waals surface area contributed by atoms with E-state index in [4.69, 9.17) is 0 Å². The Bertz CT molecular complexity index is 573. The summed E-state index contributed by atoms with van der Waals surface area (Å²) >= 11 is 0. The monoisotopic (exact) mass is 345 g/mol. The number of aliphatic hydroxyl groups excluding tert-OH is 3. The van der Waals surface area contributed by atoms with Crippen LogP contribution >= 0.6 is 0 Å². The number of hydrogen-bond donors (Lipinski definition) is 3. The molecule has 1 heterocycles. The average molecular weight is 345 g/mol. The summed E-state index contributed by atoms with van der Waals surface area (Å²) in [5.74, 6) is 0. The number of nitrogens with zero attached hydrogens (tertiary/aromatic N) is 3. The maximum Gasteiger partial charge on any atom is 0.336 e. The zero-order chi connectivity index (χ0) is 18.4. The molecule has 0 amide bonds. The van der Waals surface area contributed by atoms with E-state index < -0.39 is 35.4 Å². The van der Waals surface area contributed by atoms with E-state index in [0.29, 0.717) is 0 Å². The lowest BCUT2D eigenvalue weighted by Gasteiger charge is -2.15. The Labute approximate surface area is 139 Å². The van der Waals surface area contributed by atoms with Gasteiger partial charge in [0.25, 0.3) is 0 Å². The zero-order valence-corrected chi connectivity index (χ0v) is 14.4. The van der Waals surface area contributed by atoms with Gasteiger partial charge in [-0.1, -0.05) is 0 Å². The Hall–Kier alpha value is -1.71. The fourth-order valence-electron chi connectivity index (χ4n) is 2.20. The molecule has 24 heavy (non-hydrogen) atoms. The fraction of sp³-hybridized carbons (Fsp3) is 0.800. The van der Waals surface area contributed by atoms with E-state index in [2.05, 4.69) is 0 Å². The first-order valence-corrected chi connectivity index (χ1v) is 8.13. The molecule has 0 aliphatic rings. The van der Waals surface area contributed by atoms with Crippen LogP contribution in [0.5, 0.6) is 0 Å². The molecule has 1 aromatic rings. The second-order valence-electron chi connectivity index (χ2n) is 6.22. The number of hydrogen-bond acceptors (Lipinski definition) is 6. The summed E-state index contributed by atoms with van der Waals surface area (Å²) in [4.78, 5) is 37.3. The van der Waals surface area contributed by atoms with Crippen LogP contribution < -0.4 is 17.1 Å². The lowest BCUT2D eigenvalue weighted by atomic mass is 10.3. The minimum Gasteiger partial charge on any atom is -0.393 e. The Kier molecular flexibility index (Phi) is 7.59. The summed E-state index contributed by atoms with van der Waals surface area (Å²) < 4.78 is 2.74. The summed E-state index contributed by atoms with van der Waals surface area (Å²) in [6, 6.07) is 0. The van der Waals surface area contributed by atoms with Crippen LogP contribution in [0.25, 0.3) is 0 Å². The quantitative estimate of drug-likeness (QED) is 0.499. The van der Waals surface area contributed by atoms with Crippen molar-refractivity contribution < 1.29 is 15.3 Å². The second-order valence-corrected chi connectivity index (χ2v) is 6.22. The van der Waals surface area contributed by atoms with E-state index >= 15 is 0 Å². The van der Waals surface area contributed by atoms with Gasteiger partial charge in [-0.25, -0.2) is 28.1 Å². The van der Waals surface area contributed by atoms with Gasteiger partial charge in [0.2, 0.25) is 0 Å². The molecule has 1 rings (SSSR count). The Morgan fingerprint density at radius 1 is 0.625 bits per heavy atom. The highest BCUT2D eigenvalue weighted by atomic mass is 16.3. The standard InChI is InChI=1S/C15H27N3O6/c1-10(19)4-7-16-13(22)17(8-5-11(2)20)15(24)18(14(16)23)9-6-12(3)21/h10-12,19-21H,4-9H2,1-3H3. The van der Waals surface area contributed by atoms with Crippen molar-refractivity contribution in [3.8, 4) is 0 Å². The van der Waals surface area contributed by atoms with Crippen LogP contribution in [0.2, 0.25) is 0 Å². The van der Waals surface area contributed by atoms with Gasteiger partial charge in [-0.3, -0.25) is 0 Å². The lowest BCUT2D eigenvalue weighted by Crippen LogP contribution is -2.55. The number of rotatable bonds is 9. The minimum absolute atomic E-state index is 0.0149. The molecule has 9 heteroatoms. The molecule has 1 aromatic heterocycles. The average Bonchev–Trinajstić information content (AvgIpc) is 2.45. The van der Waals surface area contributed by atoms with E-state index in [1.807, 2.05) is 0 Å². The Morgan fingerprint density at radius 2 is 0.833 bits per heavy atom. The molecule has 3 atom stereocenters. The number of aliphatic hydroxyl groups is 3. The van der Waals surface area contributed by atoms with Gasteiger partial charge in [-0.05, 0) is 40.0 Å². The van der Waals surface area contributed by atoms with Crippen molar-refractivity contribution in [1.82, 2.24) is 13.7 Å². The smallest absolute Gasteiger partial charge is 0.336 e. The van der Waals surface area contributed by atoms with E-state index in [-0.39, 0.29) is 38.9 Å². The lowest BCUT2D eigenvalue weighted by molar-refractivity contribution is 0.168. The molecule has 0 radical (unpaired) electrons. The van der Waals surface area contributed by atoms with Gasteiger partial charge in [0.05, 0.1) is 18.3 Å². The van der Waals surface area contributed by atoms with Crippen LogP contribution in [0.1, 0.15) is 40.0 Å². The molecule has 3 N–H and O–H groups in total. The van der Waals surface area contributed by atoms with Crippen molar-refractivity contribution in [2.75, 3.05) is 0 Å². The van der Waals surface area contributed by atoms with Crippen LogP contribution in [0.15, 0.2) is 14.4 Å². The maximum absolute atomic E-state index is 12.4. The molecular weight excluding hydrogens is 318 g/mol. The van der Waals surface area contributed by atoms with Gasteiger partial charge in [-0.2, -0.15) is 0 Å². The molecule has 3 unspecified atom stereocenters. The highest BCUT2D eigenvalue weighted by Crippen LogP contribution is 1.94. The van der Waals surface area contributed by atoms with Crippen LogP contribution in [-0.4, -0.2) is 47.3 Å². The largest absolute Gasteiger partial charge is 0.393 e. The van der Waals surface area contributed by atoms with Gasteiger partial charge in [-0.15, -0.1) is 0 Å². The Morgan fingerprint density at radius 3 is 1.00 bits per heavy atom. The predicted octanol–water partition coefficient (Wildman–Crippen LogP) is -1.52. The van der Waals surface area contributed by atoms with E-state index in [0.717, 1.165) is 13.7 Å². The first kappa shape index (κ1) is 20.3. The van der Waals surface area contributed by atoms with Crippen LogP contribution in [0.4, 0.5) is 0 Å². The Balaban J connectivity index is 3.38. The summed E-state index contributed by atoms with van der Waals surface area (Å²) in [5, 5.41) is 28.1. The van der Waals surface area contributed by atoms with Crippen LogP contribution in [0.3, 0.4) is 0 Å². The fourth-order valence-corrected chi connectivity index (χ4v) is 2.20. The van der Waals surface area contributed by atoms with Crippen molar-refractivity contribution in [2.45, 2.75) is 78.0 Å². The molecule has 9 nitrogen and oxygen atoms in total. The molecule has 0 bridgehead atoms. The normalized spacial score (nSPS) is 15.2. The zero-order valence-electron chi connectivity index (χ0n) is 14.4. The molecule has 0 saturated carbocycles. The van der Waals surface area contributed by atoms with Crippen LogP contribution in [-0.2, 0) is 19.6 Å². The summed E-state index contributed by atoms with van der Waals surface area (Å²) in [7, 11) is 0.